The van der Waals surface area contributed by atoms with Crippen LogP contribution in [0.4, 0.5) is 4.79 Å². The molecule has 0 aliphatic carbocycles. The van der Waals surface area contributed by atoms with Crippen molar-refractivity contribution in [3.8, 4) is 5.75 Å². The number of aliphatic imine (C=N–C) groups is 1. The molecule has 0 spiro atoms. The normalized spacial score (nSPS) is 12.0. The highest BCUT2D eigenvalue weighted by Gasteiger charge is 2.12. The average Bonchev–Trinajstić information content (AvgIpc) is 2.73. The van der Waals surface area contributed by atoms with E-state index >= 15 is 0 Å². The van der Waals surface area contributed by atoms with Gasteiger partial charge in [0.1, 0.15) is 5.75 Å². The van der Waals surface area contributed by atoms with Crippen molar-refractivity contribution >= 4 is 23.8 Å². The smallest absolute Gasteiger partial charge is 0.321 e. The van der Waals surface area contributed by atoms with Crippen LogP contribution in [0.15, 0.2) is 29.3 Å². The van der Waals surface area contributed by atoms with Gasteiger partial charge in [0.25, 0.3) is 0 Å². The lowest BCUT2D eigenvalue weighted by Gasteiger charge is -2.12. The van der Waals surface area contributed by atoms with E-state index in [-0.39, 0.29) is 36.0 Å². The second-order valence-corrected chi connectivity index (χ2v) is 6.78. The first-order valence-corrected chi connectivity index (χ1v) is 9.99. The molecular formula is C20H32N6O4. The van der Waals surface area contributed by atoms with E-state index in [9.17, 15) is 19.5 Å². The zero-order valence-electron chi connectivity index (χ0n) is 17.5. The van der Waals surface area contributed by atoms with Gasteiger partial charge >= 0.3 is 6.03 Å². The Labute approximate surface area is 176 Å². The first-order valence-electron chi connectivity index (χ1n) is 9.99. The minimum atomic E-state index is -0.496. The fourth-order valence-corrected chi connectivity index (χ4v) is 2.41. The van der Waals surface area contributed by atoms with Crippen molar-refractivity contribution in [1.29, 1.82) is 0 Å². The van der Waals surface area contributed by atoms with Crippen molar-refractivity contribution in [3.05, 3.63) is 29.8 Å². The van der Waals surface area contributed by atoms with Gasteiger partial charge < -0.3 is 26.8 Å². The average molecular weight is 421 g/mol. The summed E-state index contributed by atoms with van der Waals surface area (Å²) in [6.45, 7) is 4.98. The maximum atomic E-state index is 12.1. The molecule has 0 saturated heterocycles. The van der Waals surface area contributed by atoms with Gasteiger partial charge in [0.2, 0.25) is 11.8 Å². The van der Waals surface area contributed by atoms with Crippen LogP contribution in [0.2, 0.25) is 0 Å². The minimum absolute atomic E-state index is 0.00507. The zero-order chi connectivity index (χ0) is 22.4. The fraction of sp³-hybridized carbons (Fsp3) is 0.500. The molecule has 0 heterocycles. The lowest BCUT2D eigenvalue weighted by atomic mass is 10.0. The van der Waals surface area contributed by atoms with Crippen molar-refractivity contribution in [1.82, 2.24) is 21.3 Å². The highest BCUT2D eigenvalue weighted by Crippen LogP contribution is 2.10. The molecule has 1 atom stereocenters. The first kappa shape index (κ1) is 24.7. The van der Waals surface area contributed by atoms with Gasteiger partial charge in [-0.2, -0.15) is 0 Å². The molecule has 10 heteroatoms. The molecule has 0 aliphatic heterocycles. The van der Waals surface area contributed by atoms with Crippen LogP contribution >= 0.6 is 0 Å². The van der Waals surface area contributed by atoms with Crippen molar-refractivity contribution in [2.24, 2.45) is 16.6 Å². The standard InChI is InChI=1S/C20H32N6O4/c1-3-17(28)22-11-12-24-20(30)26-19(21)23-10-4-5-14(2)18(29)25-13-15-6-8-16(27)9-7-15/h6-9,14,27H,3-5,10-13H2,1-2H3,(H,22,28)(H,25,29)(H4,21,23,24,26,30)/t14-/m1/s1. The van der Waals surface area contributed by atoms with E-state index in [1.54, 1.807) is 31.2 Å². The number of phenols is 1. The molecular weight excluding hydrogens is 388 g/mol. The largest absolute Gasteiger partial charge is 0.508 e. The van der Waals surface area contributed by atoms with Gasteiger partial charge in [0, 0.05) is 38.5 Å². The molecule has 0 aliphatic rings. The van der Waals surface area contributed by atoms with E-state index in [0.29, 0.717) is 38.9 Å². The summed E-state index contributed by atoms with van der Waals surface area (Å²) in [6.07, 6.45) is 1.66. The maximum absolute atomic E-state index is 12.1. The molecule has 166 valence electrons. The second kappa shape index (κ2) is 13.8. The van der Waals surface area contributed by atoms with Crippen LogP contribution in [-0.4, -0.2) is 48.5 Å². The van der Waals surface area contributed by atoms with Crippen LogP contribution in [-0.2, 0) is 16.1 Å². The molecule has 0 aromatic heterocycles. The number of amides is 4. The lowest BCUT2D eigenvalue weighted by molar-refractivity contribution is -0.125. The molecule has 1 aromatic rings. The summed E-state index contributed by atoms with van der Waals surface area (Å²) in [5, 5.41) is 19.7. The first-order chi connectivity index (χ1) is 14.3. The topological polar surface area (TPSA) is 158 Å². The van der Waals surface area contributed by atoms with E-state index in [1.165, 1.54) is 0 Å². The highest BCUT2D eigenvalue weighted by molar-refractivity contribution is 5.95. The Bertz CT molecular complexity index is 721. The molecule has 1 rings (SSSR count). The molecule has 30 heavy (non-hydrogen) atoms. The second-order valence-electron chi connectivity index (χ2n) is 6.78. The summed E-state index contributed by atoms with van der Waals surface area (Å²) in [6, 6.07) is 6.16. The highest BCUT2D eigenvalue weighted by atomic mass is 16.3. The summed E-state index contributed by atoms with van der Waals surface area (Å²) < 4.78 is 0. The molecule has 4 amide bonds. The van der Waals surface area contributed by atoms with Crippen molar-refractivity contribution < 1.29 is 19.5 Å². The van der Waals surface area contributed by atoms with Crippen LogP contribution in [0.5, 0.6) is 5.75 Å². The number of carbonyl (C=O) groups is 3. The summed E-state index contributed by atoms with van der Waals surface area (Å²) in [5.41, 5.74) is 6.56. The summed E-state index contributed by atoms with van der Waals surface area (Å²) in [7, 11) is 0. The van der Waals surface area contributed by atoms with E-state index in [1.807, 2.05) is 6.92 Å². The molecule has 10 nitrogen and oxygen atoms in total. The monoisotopic (exact) mass is 420 g/mol. The van der Waals surface area contributed by atoms with Crippen molar-refractivity contribution in [3.63, 3.8) is 0 Å². The van der Waals surface area contributed by atoms with Crippen LogP contribution < -0.4 is 27.0 Å². The zero-order valence-corrected chi connectivity index (χ0v) is 17.5. The van der Waals surface area contributed by atoms with Crippen LogP contribution in [0.3, 0.4) is 0 Å². The molecule has 1 aromatic carbocycles. The summed E-state index contributed by atoms with van der Waals surface area (Å²) >= 11 is 0. The Hall–Kier alpha value is -3.30. The Morgan fingerprint density at radius 1 is 1.10 bits per heavy atom. The van der Waals surface area contributed by atoms with Gasteiger partial charge in [-0.05, 0) is 30.5 Å². The number of nitrogens with two attached hydrogens (primary N) is 1. The Balaban J connectivity index is 2.18. The van der Waals surface area contributed by atoms with Gasteiger partial charge in [-0.3, -0.25) is 19.9 Å². The third-order valence-electron chi connectivity index (χ3n) is 4.22. The van der Waals surface area contributed by atoms with E-state index in [4.69, 9.17) is 5.73 Å². The number of phenolic OH excluding ortho intramolecular Hbond substituents is 1. The number of guanidine groups is 1. The number of carbonyl (C=O) groups excluding carboxylic acids is 3. The molecule has 0 bridgehead atoms. The molecule has 0 saturated carbocycles. The van der Waals surface area contributed by atoms with Gasteiger partial charge in [0.15, 0.2) is 5.96 Å². The Kier molecular flexibility index (Phi) is 11.4. The third-order valence-corrected chi connectivity index (χ3v) is 4.22. The quantitative estimate of drug-likeness (QED) is 0.175. The number of urea groups is 1. The van der Waals surface area contributed by atoms with Gasteiger partial charge in [-0.1, -0.05) is 26.0 Å². The molecule has 7 N–H and O–H groups in total. The number of hydrogen-bond donors (Lipinski definition) is 6. The fourth-order valence-electron chi connectivity index (χ4n) is 2.41. The van der Waals surface area contributed by atoms with Gasteiger partial charge in [0.05, 0.1) is 0 Å². The molecule has 0 radical (unpaired) electrons. The van der Waals surface area contributed by atoms with Crippen LogP contribution in [0.25, 0.3) is 0 Å². The van der Waals surface area contributed by atoms with Crippen LogP contribution in [0, 0.1) is 5.92 Å². The minimum Gasteiger partial charge on any atom is -0.508 e. The van der Waals surface area contributed by atoms with E-state index in [0.717, 1.165) is 5.56 Å². The number of benzene rings is 1. The number of rotatable bonds is 11. The Morgan fingerprint density at radius 3 is 2.43 bits per heavy atom. The SMILES string of the molecule is CCC(=O)NCCNC(=O)NC(N)=NCCC[C@@H](C)C(=O)NCc1ccc(O)cc1. The summed E-state index contributed by atoms with van der Waals surface area (Å²) in [4.78, 5) is 38.9. The van der Waals surface area contributed by atoms with Crippen molar-refractivity contribution in [2.45, 2.75) is 39.7 Å². The van der Waals surface area contributed by atoms with Gasteiger partial charge in [-0.25, -0.2) is 4.79 Å². The van der Waals surface area contributed by atoms with E-state index in [2.05, 4.69) is 26.3 Å². The van der Waals surface area contributed by atoms with E-state index < -0.39 is 6.03 Å². The predicted molar refractivity (Wildman–Crippen MR) is 115 cm³/mol. The molecule has 0 unspecified atom stereocenters. The lowest BCUT2D eigenvalue weighted by Crippen LogP contribution is -2.45. The number of nitrogens with zero attached hydrogens (tertiary/aromatic N) is 1. The number of nitrogens with one attached hydrogen (secondary N) is 4. The third kappa shape index (κ3) is 10.9. The Morgan fingerprint density at radius 2 is 1.77 bits per heavy atom. The number of hydrogen-bond acceptors (Lipinski definition) is 5. The van der Waals surface area contributed by atoms with Crippen molar-refractivity contribution in [2.75, 3.05) is 19.6 Å². The maximum Gasteiger partial charge on any atom is 0.321 e. The predicted octanol–water partition coefficient (Wildman–Crippen LogP) is 0.565. The summed E-state index contributed by atoms with van der Waals surface area (Å²) in [5.74, 6) is -0.150. The van der Waals surface area contributed by atoms with Crippen LogP contribution in [0.1, 0.15) is 38.7 Å². The van der Waals surface area contributed by atoms with Gasteiger partial charge in [-0.15, -0.1) is 0 Å². The molecule has 0 fully saturated rings. The number of aromatic hydroxyl groups is 1.